The third-order valence-corrected chi connectivity index (χ3v) is 3.94. The third kappa shape index (κ3) is 2.73. The third-order valence-electron chi connectivity index (χ3n) is 3.94. The normalized spacial score (nSPS) is 46.4. The molecule has 3 aliphatic rings. The molecule has 0 aromatic carbocycles. The summed E-state index contributed by atoms with van der Waals surface area (Å²) in [6.07, 6.45) is -0.395. The molecule has 20 heavy (non-hydrogen) atoms. The van der Waals surface area contributed by atoms with E-state index in [0.29, 0.717) is 13.0 Å². The molecule has 3 fully saturated rings. The van der Waals surface area contributed by atoms with Crippen molar-refractivity contribution in [3.8, 4) is 0 Å². The second kappa shape index (κ2) is 4.90. The van der Waals surface area contributed by atoms with Crippen LogP contribution in [-0.4, -0.2) is 56.0 Å². The van der Waals surface area contributed by atoms with Gasteiger partial charge in [0.15, 0.2) is 17.9 Å². The van der Waals surface area contributed by atoms with E-state index in [4.69, 9.17) is 28.4 Å². The Balaban J connectivity index is 1.86. The number of hydrogen-bond donors (Lipinski definition) is 0. The SMILES string of the molecule is COC1C[C@H]2OC(C)(C)OC2[C@@H]2OC(C)(C)OCC2O1. The van der Waals surface area contributed by atoms with Gasteiger partial charge < -0.3 is 28.4 Å². The zero-order valence-corrected chi connectivity index (χ0v) is 12.8. The highest BCUT2D eigenvalue weighted by molar-refractivity contribution is 4.96. The highest BCUT2D eigenvalue weighted by atomic mass is 16.8. The van der Waals surface area contributed by atoms with E-state index >= 15 is 0 Å². The zero-order chi connectivity index (χ0) is 14.5. The Hall–Kier alpha value is -0.240. The van der Waals surface area contributed by atoms with Gasteiger partial charge in [0.25, 0.3) is 0 Å². The predicted octanol–water partition coefficient (Wildman–Crippen LogP) is 1.42. The van der Waals surface area contributed by atoms with Crippen molar-refractivity contribution in [1.82, 2.24) is 0 Å². The van der Waals surface area contributed by atoms with Crippen molar-refractivity contribution in [2.45, 2.75) is 76.4 Å². The molecule has 3 rings (SSSR count). The first-order valence-electron chi connectivity index (χ1n) is 7.15. The highest BCUT2D eigenvalue weighted by Crippen LogP contribution is 2.40. The van der Waals surface area contributed by atoms with Crippen molar-refractivity contribution >= 4 is 0 Å². The Bertz CT molecular complexity index is 369. The van der Waals surface area contributed by atoms with Crippen LogP contribution in [0.4, 0.5) is 0 Å². The van der Waals surface area contributed by atoms with Crippen LogP contribution in [0.1, 0.15) is 34.1 Å². The predicted molar refractivity (Wildman–Crippen MR) is 69.0 cm³/mol. The van der Waals surface area contributed by atoms with E-state index in [1.165, 1.54) is 0 Å². The number of fused-ring (bicyclic) bond motifs is 3. The van der Waals surface area contributed by atoms with Crippen molar-refractivity contribution in [3.63, 3.8) is 0 Å². The molecule has 0 amide bonds. The Morgan fingerprint density at radius 3 is 2.25 bits per heavy atom. The molecule has 0 bridgehead atoms. The summed E-state index contributed by atoms with van der Waals surface area (Å²) in [5, 5.41) is 0. The topological polar surface area (TPSA) is 55.4 Å². The molecule has 6 heteroatoms. The molecular weight excluding hydrogens is 264 g/mol. The minimum atomic E-state index is -0.641. The molecule has 5 atom stereocenters. The maximum Gasteiger partial charge on any atom is 0.163 e. The van der Waals surface area contributed by atoms with E-state index in [2.05, 4.69) is 0 Å². The first kappa shape index (κ1) is 14.7. The molecule has 0 aromatic rings. The highest BCUT2D eigenvalue weighted by Gasteiger charge is 2.54. The average molecular weight is 288 g/mol. The summed E-state index contributed by atoms with van der Waals surface area (Å²) < 4.78 is 35.1. The van der Waals surface area contributed by atoms with Crippen molar-refractivity contribution in [3.05, 3.63) is 0 Å². The van der Waals surface area contributed by atoms with Gasteiger partial charge in [-0.2, -0.15) is 0 Å². The number of hydrogen-bond acceptors (Lipinski definition) is 6. The van der Waals surface area contributed by atoms with Crippen molar-refractivity contribution < 1.29 is 28.4 Å². The lowest BCUT2D eigenvalue weighted by Crippen LogP contribution is -2.55. The largest absolute Gasteiger partial charge is 0.356 e. The fourth-order valence-electron chi connectivity index (χ4n) is 3.13. The molecule has 0 aliphatic carbocycles. The van der Waals surface area contributed by atoms with Crippen LogP contribution < -0.4 is 0 Å². The van der Waals surface area contributed by atoms with Gasteiger partial charge in [0.2, 0.25) is 0 Å². The minimum absolute atomic E-state index is 0.0983. The molecule has 0 radical (unpaired) electrons. The summed E-state index contributed by atoms with van der Waals surface area (Å²) in [4.78, 5) is 0. The summed E-state index contributed by atoms with van der Waals surface area (Å²) >= 11 is 0. The smallest absolute Gasteiger partial charge is 0.163 e. The lowest BCUT2D eigenvalue weighted by atomic mass is 10.0. The van der Waals surface area contributed by atoms with Crippen molar-refractivity contribution in [2.24, 2.45) is 0 Å². The van der Waals surface area contributed by atoms with E-state index in [0.717, 1.165) is 0 Å². The van der Waals surface area contributed by atoms with Crippen LogP contribution in [0.15, 0.2) is 0 Å². The summed E-state index contributed by atoms with van der Waals surface area (Å²) in [7, 11) is 1.63. The molecule has 0 aromatic heterocycles. The summed E-state index contributed by atoms with van der Waals surface area (Å²) in [6.45, 7) is 8.10. The first-order valence-corrected chi connectivity index (χ1v) is 7.15. The van der Waals surface area contributed by atoms with Gasteiger partial charge in [-0.3, -0.25) is 0 Å². The zero-order valence-electron chi connectivity index (χ0n) is 12.8. The van der Waals surface area contributed by atoms with Crippen molar-refractivity contribution in [2.75, 3.05) is 13.7 Å². The van der Waals surface area contributed by atoms with Gasteiger partial charge in [-0.25, -0.2) is 0 Å². The Kier molecular flexibility index (Phi) is 3.60. The Morgan fingerprint density at radius 1 is 0.900 bits per heavy atom. The van der Waals surface area contributed by atoms with Crippen LogP contribution in [0.2, 0.25) is 0 Å². The number of ether oxygens (including phenoxy) is 6. The molecular formula is C14H24O6. The van der Waals surface area contributed by atoms with Crippen molar-refractivity contribution in [1.29, 1.82) is 0 Å². The van der Waals surface area contributed by atoms with Gasteiger partial charge in [-0.15, -0.1) is 0 Å². The minimum Gasteiger partial charge on any atom is -0.356 e. The van der Waals surface area contributed by atoms with Crippen LogP contribution in [0.3, 0.4) is 0 Å². The molecule has 3 aliphatic heterocycles. The van der Waals surface area contributed by atoms with Gasteiger partial charge in [0, 0.05) is 13.5 Å². The molecule has 3 unspecified atom stereocenters. The lowest BCUT2D eigenvalue weighted by molar-refractivity contribution is -0.337. The van der Waals surface area contributed by atoms with E-state index in [1.54, 1.807) is 7.11 Å². The summed E-state index contributed by atoms with van der Waals surface area (Å²) in [5.74, 6) is -1.25. The van der Waals surface area contributed by atoms with Gasteiger partial charge in [-0.05, 0) is 27.7 Å². The maximum atomic E-state index is 6.05. The number of methoxy groups -OCH3 is 1. The lowest BCUT2D eigenvalue weighted by Gasteiger charge is -2.42. The summed E-state index contributed by atoms with van der Waals surface area (Å²) in [6, 6.07) is 0. The molecule has 0 spiro atoms. The molecule has 0 saturated carbocycles. The van der Waals surface area contributed by atoms with E-state index in [1.807, 2.05) is 27.7 Å². The van der Waals surface area contributed by atoms with Crippen LogP contribution in [0, 0.1) is 0 Å². The average Bonchev–Trinajstić information content (AvgIpc) is 2.58. The van der Waals surface area contributed by atoms with Crippen LogP contribution in [0.5, 0.6) is 0 Å². The van der Waals surface area contributed by atoms with Gasteiger partial charge in [-0.1, -0.05) is 0 Å². The maximum absolute atomic E-state index is 6.05. The fraction of sp³-hybridized carbons (Fsp3) is 1.00. The van der Waals surface area contributed by atoms with Crippen LogP contribution in [0.25, 0.3) is 0 Å². The van der Waals surface area contributed by atoms with Gasteiger partial charge in [0.05, 0.1) is 12.7 Å². The van der Waals surface area contributed by atoms with Gasteiger partial charge in [0.1, 0.15) is 18.3 Å². The number of rotatable bonds is 1. The summed E-state index contributed by atoms with van der Waals surface area (Å²) in [5.41, 5.74) is 0. The molecule has 116 valence electrons. The quantitative estimate of drug-likeness (QED) is 0.727. The fourth-order valence-corrected chi connectivity index (χ4v) is 3.13. The van der Waals surface area contributed by atoms with E-state index in [-0.39, 0.29) is 30.7 Å². The second-order valence-corrected chi connectivity index (χ2v) is 6.51. The first-order chi connectivity index (χ1) is 9.30. The molecule has 0 N–H and O–H groups in total. The standard InChI is InChI=1S/C14H24O6/c1-13(2)16-7-9-12(19-13)11-8(6-10(15-5)17-9)18-14(3,4)20-11/h8-12H,6-7H2,1-5H3/t8-,9?,10?,11?,12-/m1/s1. The van der Waals surface area contributed by atoms with Gasteiger partial charge >= 0.3 is 0 Å². The monoisotopic (exact) mass is 288 g/mol. The second-order valence-electron chi connectivity index (χ2n) is 6.51. The Labute approximate surface area is 119 Å². The molecule has 3 heterocycles. The van der Waals surface area contributed by atoms with E-state index in [9.17, 15) is 0 Å². The van der Waals surface area contributed by atoms with E-state index < -0.39 is 11.6 Å². The van der Waals surface area contributed by atoms with Crippen LogP contribution in [-0.2, 0) is 28.4 Å². The Morgan fingerprint density at radius 2 is 1.55 bits per heavy atom. The van der Waals surface area contributed by atoms with Crippen LogP contribution >= 0.6 is 0 Å². The molecule has 3 saturated heterocycles. The molecule has 6 nitrogen and oxygen atoms in total.